The lowest BCUT2D eigenvalue weighted by molar-refractivity contribution is -0.132. The molecule has 1 atom stereocenters. The van der Waals surface area contributed by atoms with Gasteiger partial charge in [-0.1, -0.05) is 53.9 Å². The van der Waals surface area contributed by atoms with Gasteiger partial charge >= 0.3 is 5.91 Å². The van der Waals surface area contributed by atoms with Crippen molar-refractivity contribution in [2.75, 3.05) is 11.5 Å². The minimum atomic E-state index is -0.956. The van der Waals surface area contributed by atoms with E-state index < -0.39 is 17.7 Å². The van der Waals surface area contributed by atoms with E-state index in [1.54, 1.807) is 49.4 Å². The summed E-state index contributed by atoms with van der Waals surface area (Å²) in [6, 6.07) is 10.6. The fourth-order valence-corrected chi connectivity index (χ4v) is 4.63. The molecule has 176 valence electrons. The largest absolute Gasteiger partial charge is 0.507 e. The molecule has 0 radical (unpaired) electrons. The first-order valence-electron chi connectivity index (χ1n) is 10.6. The molecule has 1 fully saturated rings. The van der Waals surface area contributed by atoms with E-state index in [-0.39, 0.29) is 21.5 Å². The molecule has 1 N–H and O–H groups in total. The van der Waals surface area contributed by atoms with Crippen molar-refractivity contribution in [2.45, 2.75) is 32.7 Å². The Hall–Kier alpha value is -2.94. The number of aromatic nitrogens is 2. The van der Waals surface area contributed by atoms with Crippen LogP contribution in [-0.4, -0.2) is 33.6 Å². The first-order chi connectivity index (χ1) is 16.3. The average molecular weight is 518 g/mol. The highest BCUT2D eigenvalue weighted by Gasteiger charge is 2.48. The number of ketones is 1. The number of Topliss-reactive ketones (excluding diaryl/α,β-unsaturated/α-hetero) is 1. The van der Waals surface area contributed by atoms with Crippen LogP contribution < -0.4 is 9.64 Å². The quantitative estimate of drug-likeness (QED) is 0.180. The Balaban J connectivity index is 1.81. The molecule has 10 heteroatoms. The van der Waals surface area contributed by atoms with E-state index in [0.29, 0.717) is 33.5 Å². The maximum absolute atomic E-state index is 13.2. The number of hydrogen-bond acceptors (Lipinski definition) is 7. The van der Waals surface area contributed by atoms with E-state index in [1.807, 2.05) is 0 Å². The van der Waals surface area contributed by atoms with Gasteiger partial charge in [-0.2, -0.15) is 0 Å². The lowest BCUT2D eigenvalue weighted by atomic mass is 9.95. The summed E-state index contributed by atoms with van der Waals surface area (Å²) in [5.74, 6) is -1.30. The topological polar surface area (TPSA) is 92.6 Å². The molecule has 0 aliphatic carbocycles. The molecule has 1 amide bonds. The zero-order valence-corrected chi connectivity index (χ0v) is 20.7. The molecule has 1 unspecified atom stereocenters. The SMILES string of the molecule is CCCCOc1ccc(C(O)=C2C(=O)C(=O)N(c3nnc(C)s3)C2c2ccc(Cl)c(Cl)c2)cc1. The van der Waals surface area contributed by atoms with Crippen molar-refractivity contribution in [3.8, 4) is 5.75 Å². The van der Waals surface area contributed by atoms with E-state index in [9.17, 15) is 14.7 Å². The number of ether oxygens (including phenoxy) is 1. The van der Waals surface area contributed by atoms with Gasteiger partial charge in [0.25, 0.3) is 5.78 Å². The van der Waals surface area contributed by atoms with Crippen LogP contribution in [0.2, 0.25) is 10.0 Å². The third-order valence-corrected chi connectivity index (χ3v) is 6.90. The second-order valence-corrected chi connectivity index (χ2v) is 9.65. The fraction of sp³-hybridized carbons (Fsp3) is 0.250. The van der Waals surface area contributed by atoms with Gasteiger partial charge in [0.2, 0.25) is 5.13 Å². The fourth-order valence-electron chi connectivity index (χ4n) is 3.61. The van der Waals surface area contributed by atoms with Crippen molar-refractivity contribution < 1.29 is 19.4 Å². The van der Waals surface area contributed by atoms with Gasteiger partial charge in [0, 0.05) is 5.56 Å². The van der Waals surface area contributed by atoms with Crippen molar-refractivity contribution in [3.05, 3.63) is 74.2 Å². The Bertz CT molecular complexity index is 1270. The molecule has 1 aliphatic rings. The lowest BCUT2D eigenvalue weighted by Crippen LogP contribution is -2.29. The van der Waals surface area contributed by atoms with Crippen molar-refractivity contribution in [3.63, 3.8) is 0 Å². The molecule has 1 aromatic heterocycles. The Kier molecular flexibility index (Phi) is 7.21. The second-order valence-electron chi connectivity index (χ2n) is 7.67. The Morgan fingerprint density at radius 2 is 1.85 bits per heavy atom. The van der Waals surface area contributed by atoms with Gasteiger partial charge in [0.1, 0.15) is 16.5 Å². The third-order valence-electron chi connectivity index (χ3n) is 5.32. The summed E-state index contributed by atoms with van der Waals surface area (Å²) in [6.45, 7) is 4.41. The average Bonchev–Trinajstić information content (AvgIpc) is 3.36. The third kappa shape index (κ3) is 4.66. The van der Waals surface area contributed by atoms with Crippen LogP contribution in [0, 0.1) is 6.92 Å². The van der Waals surface area contributed by atoms with Gasteiger partial charge in [-0.3, -0.25) is 14.5 Å². The number of halogens is 2. The summed E-state index contributed by atoms with van der Waals surface area (Å²) in [5.41, 5.74) is 0.803. The number of rotatable bonds is 7. The summed E-state index contributed by atoms with van der Waals surface area (Å²) in [5, 5.41) is 20.7. The molecule has 2 heterocycles. The highest BCUT2D eigenvalue weighted by atomic mass is 35.5. The van der Waals surface area contributed by atoms with E-state index >= 15 is 0 Å². The van der Waals surface area contributed by atoms with Gasteiger partial charge in [-0.15, -0.1) is 10.2 Å². The standard InChI is InChI=1S/C24H21Cl2N3O4S/c1-3-4-11-33-16-8-5-14(6-9-16)21(30)19-20(15-7-10-17(25)18(26)12-15)29(23(32)22(19)31)24-28-27-13(2)34-24/h5-10,12,20,30H,3-4,11H2,1-2H3. The minimum Gasteiger partial charge on any atom is -0.507 e. The number of amides is 1. The molecule has 2 aromatic carbocycles. The van der Waals surface area contributed by atoms with E-state index in [4.69, 9.17) is 27.9 Å². The Labute approximate surface area is 210 Å². The Morgan fingerprint density at radius 1 is 1.12 bits per heavy atom. The smallest absolute Gasteiger partial charge is 0.301 e. The van der Waals surface area contributed by atoms with Gasteiger partial charge in [0.15, 0.2) is 0 Å². The number of aryl methyl sites for hydroxylation is 1. The van der Waals surface area contributed by atoms with Gasteiger partial charge in [0.05, 0.1) is 28.3 Å². The number of aliphatic hydroxyl groups is 1. The number of aliphatic hydroxyl groups excluding tert-OH is 1. The monoisotopic (exact) mass is 517 g/mol. The molecule has 4 rings (SSSR count). The minimum absolute atomic E-state index is 0.0732. The number of hydrogen-bond donors (Lipinski definition) is 1. The number of anilines is 1. The molecule has 34 heavy (non-hydrogen) atoms. The van der Waals surface area contributed by atoms with Crippen molar-refractivity contribution in [1.82, 2.24) is 10.2 Å². The molecule has 0 bridgehead atoms. The van der Waals surface area contributed by atoms with Crippen molar-refractivity contribution >= 4 is 57.1 Å². The van der Waals surface area contributed by atoms with Crippen molar-refractivity contribution in [1.29, 1.82) is 0 Å². The molecule has 3 aromatic rings. The lowest BCUT2D eigenvalue weighted by Gasteiger charge is -2.23. The predicted molar refractivity (Wildman–Crippen MR) is 133 cm³/mol. The summed E-state index contributed by atoms with van der Waals surface area (Å²) in [6.07, 6.45) is 1.95. The zero-order chi connectivity index (χ0) is 24.4. The summed E-state index contributed by atoms with van der Waals surface area (Å²) >= 11 is 13.5. The van der Waals surface area contributed by atoms with Gasteiger partial charge in [-0.25, -0.2) is 0 Å². The number of benzene rings is 2. The maximum Gasteiger partial charge on any atom is 0.301 e. The van der Waals surface area contributed by atoms with Crippen LogP contribution in [0.1, 0.15) is 41.9 Å². The highest BCUT2D eigenvalue weighted by molar-refractivity contribution is 7.15. The highest BCUT2D eigenvalue weighted by Crippen LogP contribution is 2.44. The molecular weight excluding hydrogens is 497 g/mol. The molecule has 7 nitrogen and oxygen atoms in total. The second kappa shape index (κ2) is 10.1. The van der Waals surface area contributed by atoms with Crippen LogP contribution in [0.3, 0.4) is 0 Å². The Morgan fingerprint density at radius 3 is 2.47 bits per heavy atom. The van der Waals surface area contributed by atoms with Crippen molar-refractivity contribution in [2.24, 2.45) is 0 Å². The molecular formula is C24H21Cl2N3O4S. The van der Waals surface area contributed by atoms with E-state index in [2.05, 4.69) is 17.1 Å². The number of carbonyl (C=O) groups excluding carboxylic acids is 2. The number of nitrogens with zero attached hydrogens (tertiary/aromatic N) is 3. The van der Waals surface area contributed by atoms with Gasteiger partial charge in [-0.05, 0) is 55.3 Å². The normalized spacial score (nSPS) is 17.4. The van der Waals surface area contributed by atoms with E-state index in [1.165, 1.54) is 16.2 Å². The molecule has 0 spiro atoms. The maximum atomic E-state index is 13.2. The van der Waals surface area contributed by atoms with Crippen LogP contribution in [0.25, 0.3) is 5.76 Å². The summed E-state index contributed by atoms with van der Waals surface area (Å²) in [4.78, 5) is 27.5. The van der Waals surface area contributed by atoms with Gasteiger partial charge < -0.3 is 9.84 Å². The molecule has 1 saturated heterocycles. The summed E-state index contributed by atoms with van der Waals surface area (Å²) < 4.78 is 5.67. The molecule has 1 aliphatic heterocycles. The number of unbranched alkanes of at least 4 members (excludes halogenated alkanes) is 1. The number of carbonyl (C=O) groups is 2. The summed E-state index contributed by atoms with van der Waals surface area (Å²) in [7, 11) is 0. The van der Waals surface area contributed by atoms with Crippen LogP contribution in [0.5, 0.6) is 5.75 Å². The first-order valence-corrected chi connectivity index (χ1v) is 12.2. The van der Waals surface area contributed by atoms with Crippen LogP contribution in [0.15, 0.2) is 48.0 Å². The first kappa shape index (κ1) is 24.2. The van der Waals surface area contributed by atoms with Crippen LogP contribution >= 0.6 is 34.5 Å². The van der Waals surface area contributed by atoms with Crippen LogP contribution in [-0.2, 0) is 9.59 Å². The predicted octanol–water partition coefficient (Wildman–Crippen LogP) is 5.96. The zero-order valence-electron chi connectivity index (χ0n) is 18.4. The van der Waals surface area contributed by atoms with E-state index in [0.717, 1.165) is 12.8 Å². The molecule has 0 saturated carbocycles. The van der Waals surface area contributed by atoms with Crippen LogP contribution in [0.4, 0.5) is 5.13 Å².